The number of benzene rings is 2. The van der Waals surface area contributed by atoms with Crippen molar-refractivity contribution < 1.29 is 18.7 Å². The summed E-state index contributed by atoms with van der Waals surface area (Å²) in [5.74, 6) is 1.80. The number of hydrogen-bond donors (Lipinski definition) is 1. The topological polar surface area (TPSA) is 50.8 Å². The fourth-order valence-corrected chi connectivity index (χ4v) is 6.28. The Morgan fingerprint density at radius 3 is 2.88 bits per heavy atom. The van der Waals surface area contributed by atoms with Crippen LogP contribution in [-0.4, -0.2) is 56.9 Å². The third-order valence-electron chi connectivity index (χ3n) is 8.00. The van der Waals surface area contributed by atoms with Crippen LogP contribution in [0.5, 0.6) is 11.5 Å². The van der Waals surface area contributed by atoms with Crippen molar-refractivity contribution in [3.05, 3.63) is 59.7 Å². The van der Waals surface area contributed by atoms with Crippen LogP contribution in [0.1, 0.15) is 42.7 Å². The molecule has 0 radical (unpaired) electrons. The zero-order valence-electron chi connectivity index (χ0n) is 19.3. The van der Waals surface area contributed by atoms with Gasteiger partial charge in [0.2, 0.25) is 5.91 Å². The lowest BCUT2D eigenvalue weighted by molar-refractivity contribution is -0.141. The molecule has 2 saturated heterocycles. The van der Waals surface area contributed by atoms with Gasteiger partial charge in [-0.2, -0.15) is 0 Å². The number of nitrogens with zero attached hydrogens (tertiary/aromatic N) is 1. The molecule has 2 fully saturated rings. The van der Waals surface area contributed by atoms with Crippen LogP contribution in [0.2, 0.25) is 0 Å². The van der Waals surface area contributed by atoms with E-state index < -0.39 is 6.67 Å². The molecule has 1 spiro atoms. The Bertz CT molecular complexity index is 985. The minimum absolute atomic E-state index is 0.0660. The van der Waals surface area contributed by atoms with Gasteiger partial charge in [-0.1, -0.05) is 42.5 Å². The van der Waals surface area contributed by atoms with Crippen LogP contribution in [0.15, 0.2) is 48.5 Å². The van der Waals surface area contributed by atoms with Crippen molar-refractivity contribution in [3.8, 4) is 11.5 Å². The van der Waals surface area contributed by atoms with E-state index in [1.54, 1.807) is 7.11 Å². The zero-order chi connectivity index (χ0) is 22.8. The standard InChI is InChI=1S/C27H33FN2O3/c1-32-24-9-5-8-22-25(24)33-15-12-27(22)18-29-17-23(27)26(31)30-14-11-20(16-21(30)10-13-28)19-6-3-2-4-7-19/h2-9,20-21,23,29H,10-18H2,1H3/t20?,21?,23-,27-/m0/s1. The highest BCUT2D eigenvalue weighted by Gasteiger charge is 2.53. The van der Waals surface area contributed by atoms with E-state index in [9.17, 15) is 9.18 Å². The summed E-state index contributed by atoms with van der Waals surface area (Å²) in [6.45, 7) is 2.20. The van der Waals surface area contributed by atoms with Crippen LogP contribution >= 0.6 is 0 Å². The first-order valence-electron chi connectivity index (χ1n) is 12.1. The number of methoxy groups -OCH3 is 1. The number of hydrogen-bond acceptors (Lipinski definition) is 4. The van der Waals surface area contributed by atoms with Gasteiger partial charge in [0.15, 0.2) is 11.5 Å². The van der Waals surface area contributed by atoms with Crippen LogP contribution < -0.4 is 14.8 Å². The van der Waals surface area contributed by atoms with E-state index in [2.05, 4.69) is 35.6 Å². The highest BCUT2D eigenvalue weighted by Crippen LogP contribution is 2.50. The fraction of sp³-hybridized carbons (Fsp3) is 0.519. The monoisotopic (exact) mass is 452 g/mol. The molecule has 3 aliphatic rings. The minimum atomic E-state index is -0.405. The van der Waals surface area contributed by atoms with Crippen molar-refractivity contribution in [2.24, 2.45) is 5.92 Å². The van der Waals surface area contributed by atoms with E-state index in [-0.39, 0.29) is 23.3 Å². The van der Waals surface area contributed by atoms with Crippen LogP contribution in [0.3, 0.4) is 0 Å². The molecule has 4 atom stereocenters. The predicted molar refractivity (Wildman–Crippen MR) is 126 cm³/mol. The molecule has 0 aliphatic carbocycles. The summed E-state index contributed by atoms with van der Waals surface area (Å²) < 4.78 is 25.1. The Morgan fingerprint density at radius 1 is 1.24 bits per heavy atom. The molecule has 0 saturated carbocycles. The first-order chi connectivity index (χ1) is 16.2. The Balaban J connectivity index is 1.42. The molecule has 0 bridgehead atoms. The average molecular weight is 453 g/mol. The van der Waals surface area contributed by atoms with Crippen molar-refractivity contribution in [2.45, 2.75) is 43.1 Å². The molecule has 2 aromatic rings. The summed E-state index contributed by atoms with van der Waals surface area (Å²) >= 11 is 0. The van der Waals surface area contributed by atoms with E-state index in [1.165, 1.54) is 5.56 Å². The first kappa shape index (κ1) is 22.2. The summed E-state index contributed by atoms with van der Waals surface area (Å²) in [5.41, 5.74) is 2.02. The lowest BCUT2D eigenvalue weighted by Gasteiger charge is -2.45. The van der Waals surface area contributed by atoms with Gasteiger partial charge >= 0.3 is 0 Å². The summed E-state index contributed by atoms with van der Waals surface area (Å²) in [6, 6.07) is 16.3. The van der Waals surface area contributed by atoms with Crippen molar-refractivity contribution in [2.75, 3.05) is 40.0 Å². The second-order valence-electron chi connectivity index (χ2n) is 9.57. The van der Waals surface area contributed by atoms with Gasteiger partial charge in [-0.25, -0.2) is 0 Å². The lowest BCUT2D eigenvalue weighted by Crippen LogP contribution is -2.53. The SMILES string of the molecule is COc1cccc2c1OCC[C@]21CNC[C@H]1C(=O)N1CCC(c2ccccc2)CC1CCF. The number of nitrogens with one attached hydrogen (secondary N) is 1. The van der Waals surface area contributed by atoms with Gasteiger partial charge < -0.3 is 19.7 Å². The van der Waals surface area contributed by atoms with Gasteiger partial charge in [0.25, 0.3) is 0 Å². The molecule has 176 valence electrons. The van der Waals surface area contributed by atoms with Crippen molar-refractivity contribution >= 4 is 5.91 Å². The number of amides is 1. The Labute approximate surface area is 195 Å². The molecule has 5 nitrogen and oxygen atoms in total. The molecular formula is C27H33FN2O3. The van der Waals surface area contributed by atoms with Crippen LogP contribution in [-0.2, 0) is 10.2 Å². The molecule has 3 aliphatic heterocycles. The maximum atomic E-state index is 14.1. The van der Waals surface area contributed by atoms with E-state index in [1.807, 2.05) is 23.1 Å². The molecule has 1 amide bonds. The van der Waals surface area contributed by atoms with Crippen LogP contribution in [0.4, 0.5) is 4.39 Å². The van der Waals surface area contributed by atoms with E-state index in [0.717, 1.165) is 37.1 Å². The number of piperidine rings is 1. The summed E-state index contributed by atoms with van der Waals surface area (Å²) in [6.07, 6.45) is 2.92. The highest BCUT2D eigenvalue weighted by molar-refractivity contribution is 5.82. The molecule has 2 unspecified atom stereocenters. The zero-order valence-corrected chi connectivity index (χ0v) is 19.3. The predicted octanol–water partition coefficient (Wildman–Crippen LogP) is 4.07. The van der Waals surface area contributed by atoms with E-state index in [0.29, 0.717) is 37.8 Å². The number of ether oxygens (including phenoxy) is 2. The number of carbonyl (C=O) groups is 1. The number of fused-ring (bicyclic) bond motifs is 2. The molecule has 5 rings (SSSR count). The minimum Gasteiger partial charge on any atom is -0.493 e. The molecule has 6 heteroatoms. The molecule has 0 aromatic heterocycles. The van der Waals surface area contributed by atoms with E-state index in [4.69, 9.17) is 9.47 Å². The fourth-order valence-electron chi connectivity index (χ4n) is 6.28. The second-order valence-corrected chi connectivity index (χ2v) is 9.57. The number of halogens is 1. The maximum Gasteiger partial charge on any atom is 0.228 e. The quantitative estimate of drug-likeness (QED) is 0.743. The Kier molecular flexibility index (Phi) is 6.28. The number of carbonyl (C=O) groups excluding carboxylic acids is 1. The summed E-state index contributed by atoms with van der Waals surface area (Å²) in [5, 5.41) is 3.49. The van der Waals surface area contributed by atoms with Gasteiger partial charge in [-0.3, -0.25) is 9.18 Å². The van der Waals surface area contributed by atoms with Crippen molar-refractivity contribution in [1.82, 2.24) is 10.2 Å². The number of para-hydroxylation sites is 1. The third kappa shape index (κ3) is 3.88. The Morgan fingerprint density at radius 2 is 2.09 bits per heavy atom. The van der Waals surface area contributed by atoms with Crippen molar-refractivity contribution in [3.63, 3.8) is 0 Å². The normalized spacial score (nSPS) is 28.9. The van der Waals surface area contributed by atoms with E-state index >= 15 is 0 Å². The van der Waals surface area contributed by atoms with Gasteiger partial charge in [-0.05, 0) is 43.2 Å². The van der Waals surface area contributed by atoms with Gasteiger partial charge in [-0.15, -0.1) is 0 Å². The number of alkyl halides is 1. The summed E-state index contributed by atoms with van der Waals surface area (Å²) in [7, 11) is 1.65. The van der Waals surface area contributed by atoms with Crippen LogP contribution in [0.25, 0.3) is 0 Å². The van der Waals surface area contributed by atoms with Gasteiger partial charge in [0.1, 0.15) is 0 Å². The van der Waals surface area contributed by atoms with Crippen LogP contribution in [0, 0.1) is 5.92 Å². The average Bonchev–Trinajstić information content (AvgIpc) is 3.28. The van der Waals surface area contributed by atoms with Gasteiger partial charge in [0, 0.05) is 36.7 Å². The summed E-state index contributed by atoms with van der Waals surface area (Å²) in [4.78, 5) is 16.1. The van der Waals surface area contributed by atoms with Gasteiger partial charge in [0.05, 0.1) is 26.3 Å². The first-order valence-corrected chi connectivity index (χ1v) is 12.1. The largest absolute Gasteiger partial charge is 0.493 e. The maximum absolute atomic E-state index is 14.1. The number of rotatable bonds is 5. The smallest absolute Gasteiger partial charge is 0.228 e. The Hall–Kier alpha value is -2.60. The number of likely N-dealkylation sites (tertiary alicyclic amines) is 1. The third-order valence-corrected chi connectivity index (χ3v) is 8.00. The van der Waals surface area contributed by atoms with Crippen molar-refractivity contribution in [1.29, 1.82) is 0 Å². The molecule has 1 N–H and O–H groups in total. The highest BCUT2D eigenvalue weighted by atomic mass is 19.1. The molecule has 3 heterocycles. The molecule has 33 heavy (non-hydrogen) atoms. The second kappa shape index (κ2) is 9.34. The lowest BCUT2D eigenvalue weighted by atomic mass is 9.68. The molecular weight excluding hydrogens is 419 g/mol. The molecule has 2 aromatic carbocycles.